The number of anilines is 2. The Bertz CT molecular complexity index is 1320. The summed E-state index contributed by atoms with van der Waals surface area (Å²) in [4.78, 5) is 20.9. The molecule has 3 aliphatic rings. The van der Waals surface area contributed by atoms with Crippen LogP contribution in [0.2, 0.25) is 0 Å². The number of hydrogen-bond acceptors (Lipinski definition) is 8. The van der Waals surface area contributed by atoms with E-state index in [0.717, 1.165) is 65.6 Å². The van der Waals surface area contributed by atoms with Crippen molar-refractivity contribution >= 4 is 11.5 Å². The molecule has 2 aliphatic carbocycles. The number of nitrogens with zero attached hydrogens (tertiary/aromatic N) is 5. The summed E-state index contributed by atoms with van der Waals surface area (Å²) in [7, 11) is 1.81. The summed E-state index contributed by atoms with van der Waals surface area (Å²) in [5.41, 5.74) is 10.5. The van der Waals surface area contributed by atoms with Crippen LogP contribution in [0.25, 0.3) is 11.1 Å². The van der Waals surface area contributed by atoms with Gasteiger partial charge in [0.25, 0.3) is 0 Å². The Kier molecular flexibility index (Phi) is 5.37. The number of ether oxygens (including phenoxy) is 1. The summed E-state index contributed by atoms with van der Waals surface area (Å²) in [6.07, 6.45) is 5.96. The van der Waals surface area contributed by atoms with Crippen molar-refractivity contribution in [3.05, 3.63) is 47.4 Å². The van der Waals surface area contributed by atoms with Crippen molar-refractivity contribution in [2.75, 3.05) is 30.4 Å². The first-order valence-electron chi connectivity index (χ1n) is 12.6. The third-order valence-corrected chi connectivity index (χ3v) is 7.77. The molecule has 8 nitrogen and oxygen atoms in total. The zero-order valence-corrected chi connectivity index (χ0v) is 21.2. The molecule has 3 aromatic rings. The van der Waals surface area contributed by atoms with E-state index in [2.05, 4.69) is 41.0 Å². The van der Waals surface area contributed by atoms with Gasteiger partial charge in [0, 0.05) is 49.3 Å². The van der Waals surface area contributed by atoms with E-state index in [4.69, 9.17) is 20.4 Å². The molecule has 6 rings (SSSR count). The fraction of sp³-hybridized carbons (Fsp3) is 0.481. The number of hydrogen-bond donors (Lipinski definition) is 2. The van der Waals surface area contributed by atoms with Crippen molar-refractivity contribution in [3.63, 3.8) is 0 Å². The van der Waals surface area contributed by atoms with Crippen molar-refractivity contribution in [1.29, 1.82) is 0 Å². The summed E-state index contributed by atoms with van der Waals surface area (Å²) in [5, 5.41) is 3.14. The summed E-state index contributed by atoms with van der Waals surface area (Å²) in [6, 6.07) is 3.68. The van der Waals surface area contributed by atoms with E-state index in [1.807, 2.05) is 7.05 Å². The molecule has 2 fully saturated rings. The third kappa shape index (κ3) is 3.86. The van der Waals surface area contributed by atoms with Gasteiger partial charge in [-0.05, 0) is 47.9 Å². The first kappa shape index (κ1) is 23.1. The minimum atomic E-state index is -0.281. The molecule has 3 heterocycles. The van der Waals surface area contributed by atoms with Crippen LogP contribution in [0.5, 0.6) is 11.8 Å². The molecule has 188 valence electrons. The van der Waals surface area contributed by atoms with E-state index >= 15 is 0 Å². The fourth-order valence-electron chi connectivity index (χ4n) is 5.84. The van der Waals surface area contributed by atoms with Gasteiger partial charge in [-0.1, -0.05) is 20.8 Å². The summed E-state index contributed by atoms with van der Waals surface area (Å²) in [5.74, 6) is 2.87. The van der Waals surface area contributed by atoms with E-state index in [1.165, 1.54) is 6.07 Å². The first-order valence-corrected chi connectivity index (χ1v) is 12.6. The summed E-state index contributed by atoms with van der Waals surface area (Å²) < 4.78 is 20.7. The van der Waals surface area contributed by atoms with Crippen LogP contribution in [0.4, 0.5) is 15.9 Å². The Morgan fingerprint density at radius 3 is 2.61 bits per heavy atom. The molecule has 36 heavy (non-hydrogen) atoms. The van der Waals surface area contributed by atoms with Crippen LogP contribution in [0.1, 0.15) is 50.7 Å². The number of rotatable bonds is 4. The van der Waals surface area contributed by atoms with Crippen LogP contribution in [-0.2, 0) is 11.8 Å². The Morgan fingerprint density at radius 2 is 1.94 bits per heavy atom. The van der Waals surface area contributed by atoms with Gasteiger partial charge < -0.3 is 20.7 Å². The van der Waals surface area contributed by atoms with Crippen LogP contribution in [0.15, 0.2) is 24.5 Å². The van der Waals surface area contributed by atoms with Crippen molar-refractivity contribution < 1.29 is 9.13 Å². The molecule has 3 unspecified atom stereocenters. The Morgan fingerprint density at radius 1 is 1.17 bits per heavy atom. The lowest BCUT2D eigenvalue weighted by Gasteiger charge is -2.50. The number of nitrogens with two attached hydrogens (primary N) is 1. The van der Waals surface area contributed by atoms with Gasteiger partial charge in [0.1, 0.15) is 17.5 Å². The lowest BCUT2D eigenvalue weighted by atomic mass is 9.66. The normalized spacial score (nSPS) is 22.4. The minimum Gasteiger partial charge on any atom is -0.421 e. The Labute approximate surface area is 210 Å². The van der Waals surface area contributed by atoms with Gasteiger partial charge in [0.15, 0.2) is 5.75 Å². The van der Waals surface area contributed by atoms with Crippen molar-refractivity contribution in [2.24, 2.45) is 17.6 Å². The highest BCUT2D eigenvalue weighted by Crippen LogP contribution is 2.48. The molecule has 1 aliphatic heterocycles. The number of benzene rings is 1. The molecule has 0 bridgehead atoms. The lowest BCUT2D eigenvalue weighted by molar-refractivity contribution is 0.110. The number of nitrogens with one attached hydrogen (secondary N) is 1. The molecule has 0 amide bonds. The van der Waals surface area contributed by atoms with Gasteiger partial charge in [0.2, 0.25) is 0 Å². The molecule has 1 saturated carbocycles. The number of aromatic nitrogens is 4. The largest absolute Gasteiger partial charge is 0.421 e. The van der Waals surface area contributed by atoms with Crippen molar-refractivity contribution in [1.82, 2.24) is 19.9 Å². The van der Waals surface area contributed by atoms with Crippen molar-refractivity contribution in [2.45, 2.75) is 51.5 Å². The quantitative estimate of drug-likeness (QED) is 0.438. The van der Waals surface area contributed by atoms with Crippen molar-refractivity contribution in [3.8, 4) is 22.9 Å². The Balaban J connectivity index is 1.40. The van der Waals surface area contributed by atoms with E-state index in [-0.39, 0.29) is 17.2 Å². The maximum absolute atomic E-state index is 14.6. The van der Waals surface area contributed by atoms with Gasteiger partial charge in [-0.3, -0.25) is 0 Å². The average Bonchev–Trinajstić information content (AvgIpc) is 3.20. The molecular formula is C27H32FN7O. The highest BCUT2D eigenvalue weighted by molar-refractivity contribution is 5.88. The topological polar surface area (TPSA) is 102 Å². The molecule has 1 aromatic carbocycles. The summed E-state index contributed by atoms with van der Waals surface area (Å²) >= 11 is 0. The maximum Gasteiger partial charge on any atom is 0.324 e. The lowest BCUT2D eigenvalue weighted by Crippen LogP contribution is -2.56. The van der Waals surface area contributed by atoms with E-state index in [1.54, 1.807) is 18.5 Å². The van der Waals surface area contributed by atoms with Gasteiger partial charge in [-0.25, -0.2) is 14.4 Å². The first-order chi connectivity index (χ1) is 17.2. The zero-order chi connectivity index (χ0) is 25.2. The SMILES string of the molecule is CNc1cc(F)cc2c1Cc1nc(Oc3cnc(C(C)(C)C)nc3)nc(N3CCC4C(N)CC4C3)c1-2. The molecule has 9 heteroatoms. The maximum atomic E-state index is 14.6. The molecular weight excluding hydrogens is 457 g/mol. The summed E-state index contributed by atoms with van der Waals surface area (Å²) in [6.45, 7) is 7.93. The van der Waals surface area contributed by atoms with Crippen LogP contribution in [0, 0.1) is 17.7 Å². The minimum absolute atomic E-state index is 0.155. The molecule has 1 saturated heterocycles. The number of halogens is 1. The van der Waals surface area contributed by atoms with Gasteiger partial charge in [-0.2, -0.15) is 9.97 Å². The highest BCUT2D eigenvalue weighted by Gasteiger charge is 2.43. The number of piperidine rings is 1. The molecule has 0 spiro atoms. The third-order valence-electron chi connectivity index (χ3n) is 7.77. The Hall–Kier alpha value is -3.33. The highest BCUT2D eigenvalue weighted by atomic mass is 19.1. The monoisotopic (exact) mass is 489 g/mol. The smallest absolute Gasteiger partial charge is 0.324 e. The van der Waals surface area contributed by atoms with Crippen LogP contribution in [0.3, 0.4) is 0 Å². The molecule has 0 radical (unpaired) electrons. The predicted octanol–water partition coefficient (Wildman–Crippen LogP) is 4.28. The fourth-order valence-corrected chi connectivity index (χ4v) is 5.84. The van der Waals surface area contributed by atoms with Crippen LogP contribution >= 0.6 is 0 Å². The zero-order valence-electron chi connectivity index (χ0n) is 21.2. The van der Waals surface area contributed by atoms with Crippen LogP contribution in [-0.4, -0.2) is 46.1 Å². The van der Waals surface area contributed by atoms with E-state index in [0.29, 0.717) is 30.0 Å². The molecule has 3 atom stereocenters. The standard InChI is InChI=1S/C27H32FN7O/c1-27(2,3)25-31-11-16(12-32-25)36-26-33-22-10-18-19(8-15(28)9-21(18)30-4)23(22)24(34-26)35-6-5-17-14(13-35)7-20(17)29/h8-9,11-12,14,17,20,30H,5-7,10,13,29H2,1-4H3. The van der Waals surface area contributed by atoms with Gasteiger partial charge in [-0.15, -0.1) is 0 Å². The average molecular weight is 490 g/mol. The second-order valence-electron chi connectivity index (χ2n) is 11.2. The molecule has 2 aromatic heterocycles. The van der Waals surface area contributed by atoms with Gasteiger partial charge in [0.05, 0.1) is 18.1 Å². The molecule has 3 N–H and O–H groups in total. The van der Waals surface area contributed by atoms with Crippen LogP contribution < -0.4 is 20.7 Å². The van der Waals surface area contributed by atoms with Gasteiger partial charge >= 0.3 is 6.01 Å². The number of fused-ring (bicyclic) bond motifs is 4. The van der Waals surface area contributed by atoms with E-state index < -0.39 is 0 Å². The second-order valence-corrected chi connectivity index (χ2v) is 11.2. The van der Waals surface area contributed by atoms with E-state index in [9.17, 15) is 4.39 Å². The second kappa shape index (κ2) is 8.37. The predicted molar refractivity (Wildman–Crippen MR) is 137 cm³/mol.